The summed E-state index contributed by atoms with van der Waals surface area (Å²) < 4.78 is 0. The lowest BCUT2D eigenvalue weighted by Crippen LogP contribution is -2.46. The first kappa shape index (κ1) is 14.6. The highest BCUT2D eigenvalue weighted by molar-refractivity contribution is 5.48. The average Bonchev–Trinajstić information content (AvgIpc) is 2.94. The van der Waals surface area contributed by atoms with E-state index in [2.05, 4.69) is 48.4 Å². The van der Waals surface area contributed by atoms with E-state index >= 15 is 0 Å². The summed E-state index contributed by atoms with van der Waals surface area (Å²) in [5.41, 5.74) is 3.32. The van der Waals surface area contributed by atoms with E-state index in [1.165, 1.54) is 19.3 Å². The van der Waals surface area contributed by atoms with Crippen LogP contribution in [-0.4, -0.2) is 16.0 Å². The van der Waals surface area contributed by atoms with E-state index < -0.39 is 0 Å². The number of hydrogen-bond donors (Lipinski definition) is 3. The standard InChI is InChI=1S/C16H27N5/c1-5-11-18-12(8-13(19-11)21-17)20-14-15(2,3)10-6-7-16(14,4)9-10/h8,10,14H,5-7,9,17H2,1-4H3,(H2,18,19,20,21). The first-order valence-corrected chi connectivity index (χ1v) is 8.00. The van der Waals surface area contributed by atoms with Crippen molar-refractivity contribution in [2.75, 3.05) is 10.7 Å². The van der Waals surface area contributed by atoms with Crippen LogP contribution < -0.4 is 16.6 Å². The van der Waals surface area contributed by atoms with Crippen molar-refractivity contribution in [1.82, 2.24) is 9.97 Å². The van der Waals surface area contributed by atoms with E-state index in [0.29, 0.717) is 22.7 Å². The molecule has 0 spiro atoms. The third-order valence-electron chi connectivity index (χ3n) is 5.80. The van der Waals surface area contributed by atoms with Crippen LogP contribution in [-0.2, 0) is 6.42 Å². The SMILES string of the molecule is CCc1nc(NN)cc(NC2C3(C)CCC(C3)C2(C)C)n1. The number of nitrogens with two attached hydrogens (primary N) is 1. The Kier molecular flexibility index (Phi) is 3.35. The van der Waals surface area contributed by atoms with Gasteiger partial charge in [-0.25, -0.2) is 15.8 Å². The summed E-state index contributed by atoms with van der Waals surface area (Å²) in [7, 11) is 0. The number of aryl methyl sites for hydroxylation is 1. The fraction of sp³-hybridized carbons (Fsp3) is 0.750. The van der Waals surface area contributed by atoms with Crippen molar-refractivity contribution in [3.63, 3.8) is 0 Å². The molecule has 2 aliphatic rings. The fourth-order valence-corrected chi connectivity index (χ4v) is 4.61. The third-order valence-corrected chi connectivity index (χ3v) is 5.80. The summed E-state index contributed by atoms with van der Waals surface area (Å²) in [5, 5.41) is 3.71. The molecule has 3 rings (SSSR count). The quantitative estimate of drug-likeness (QED) is 0.587. The summed E-state index contributed by atoms with van der Waals surface area (Å²) in [6, 6.07) is 2.36. The molecule has 0 aliphatic heterocycles. The van der Waals surface area contributed by atoms with Gasteiger partial charge in [-0.2, -0.15) is 0 Å². The lowest BCUT2D eigenvalue weighted by atomic mass is 9.68. The van der Waals surface area contributed by atoms with Crippen molar-refractivity contribution in [2.45, 2.75) is 59.4 Å². The van der Waals surface area contributed by atoms with E-state index in [-0.39, 0.29) is 0 Å². The molecule has 3 atom stereocenters. The summed E-state index contributed by atoms with van der Waals surface area (Å²) in [6.07, 6.45) is 4.80. The van der Waals surface area contributed by atoms with Crippen molar-refractivity contribution in [1.29, 1.82) is 0 Å². The molecule has 0 radical (unpaired) electrons. The maximum atomic E-state index is 5.52. The molecule has 2 fully saturated rings. The topological polar surface area (TPSA) is 75.9 Å². The summed E-state index contributed by atoms with van der Waals surface area (Å²) in [5.74, 6) is 8.73. The minimum absolute atomic E-state index is 0.306. The van der Waals surface area contributed by atoms with E-state index in [9.17, 15) is 0 Å². The number of nitrogen functional groups attached to an aromatic ring is 1. The monoisotopic (exact) mass is 289 g/mol. The first-order valence-electron chi connectivity index (χ1n) is 8.00. The fourth-order valence-electron chi connectivity index (χ4n) is 4.61. The van der Waals surface area contributed by atoms with Crippen LogP contribution in [0.15, 0.2) is 6.07 Å². The average molecular weight is 289 g/mol. The maximum Gasteiger partial charge on any atom is 0.145 e. The molecule has 5 nitrogen and oxygen atoms in total. The Labute approximate surface area is 127 Å². The number of nitrogens with zero attached hydrogens (tertiary/aromatic N) is 2. The predicted octanol–water partition coefficient (Wildman–Crippen LogP) is 2.95. The number of nitrogens with one attached hydrogen (secondary N) is 2. The van der Waals surface area contributed by atoms with Crippen molar-refractivity contribution in [3.05, 3.63) is 11.9 Å². The number of hydrogen-bond acceptors (Lipinski definition) is 5. The van der Waals surface area contributed by atoms with Gasteiger partial charge in [0, 0.05) is 18.5 Å². The third kappa shape index (κ3) is 2.27. The lowest BCUT2D eigenvalue weighted by molar-refractivity contribution is 0.155. The minimum atomic E-state index is 0.306. The minimum Gasteiger partial charge on any atom is -0.366 e. The van der Waals surface area contributed by atoms with Crippen molar-refractivity contribution < 1.29 is 0 Å². The van der Waals surface area contributed by atoms with E-state index in [1.54, 1.807) is 0 Å². The van der Waals surface area contributed by atoms with Gasteiger partial charge in [-0.3, -0.25) is 0 Å². The van der Waals surface area contributed by atoms with Gasteiger partial charge in [0.1, 0.15) is 17.5 Å². The summed E-state index contributed by atoms with van der Waals surface area (Å²) in [6.45, 7) is 9.26. The molecule has 5 heteroatoms. The van der Waals surface area contributed by atoms with Gasteiger partial charge >= 0.3 is 0 Å². The van der Waals surface area contributed by atoms with E-state index in [4.69, 9.17) is 5.84 Å². The molecule has 1 aromatic rings. The van der Waals surface area contributed by atoms with Crippen molar-refractivity contribution >= 4 is 11.6 Å². The number of hydrazine groups is 1. The zero-order valence-electron chi connectivity index (χ0n) is 13.5. The summed E-state index contributed by atoms with van der Waals surface area (Å²) in [4.78, 5) is 8.99. The number of aromatic nitrogens is 2. The molecule has 2 saturated carbocycles. The number of anilines is 2. The van der Waals surface area contributed by atoms with Gasteiger partial charge in [0.15, 0.2) is 0 Å². The van der Waals surface area contributed by atoms with Crippen LogP contribution in [0.1, 0.15) is 52.8 Å². The number of fused-ring (bicyclic) bond motifs is 2. The van der Waals surface area contributed by atoms with E-state index in [1.807, 2.05) is 6.07 Å². The highest BCUT2D eigenvalue weighted by Crippen LogP contribution is 2.63. The lowest BCUT2D eigenvalue weighted by Gasteiger charge is -2.43. The predicted molar refractivity (Wildman–Crippen MR) is 85.9 cm³/mol. The zero-order chi connectivity index (χ0) is 15.3. The van der Waals surface area contributed by atoms with Gasteiger partial charge < -0.3 is 10.7 Å². The van der Waals surface area contributed by atoms with Crippen LogP contribution in [0.3, 0.4) is 0 Å². The second-order valence-electron chi connectivity index (χ2n) is 7.55. The molecule has 1 heterocycles. The van der Waals surface area contributed by atoms with E-state index in [0.717, 1.165) is 24.0 Å². The Balaban J connectivity index is 1.89. The van der Waals surface area contributed by atoms with Gasteiger partial charge in [0.2, 0.25) is 0 Å². The maximum absolute atomic E-state index is 5.52. The zero-order valence-corrected chi connectivity index (χ0v) is 13.5. The Morgan fingerprint density at radius 1 is 1.29 bits per heavy atom. The second kappa shape index (κ2) is 4.83. The Morgan fingerprint density at radius 2 is 2.00 bits per heavy atom. The molecule has 4 N–H and O–H groups in total. The Bertz CT molecular complexity index is 514. The van der Waals surface area contributed by atoms with Gasteiger partial charge in [-0.15, -0.1) is 0 Å². The molecular weight excluding hydrogens is 262 g/mol. The molecule has 2 aliphatic carbocycles. The number of rotatable bonds is 4. The molecule has 0 aromatic carbocycles. The molecule has 0 amide bonds. The molecule has 3 unspecified atom stereocenters. The first-order chi connectivity index (χ1) is 9.89. The Morgan fingerprint density at radius 3 is 2.57 bits per heavy atom. The van der Waals surface area contributed by atoms with Crippen LogP contribution in [0.4, 0.5) is 11.6 Å². The second-order valence-corrected chi connectivity index (χ2v) is 7.55. The van der Waals surface area contributed by atoms with Gasteiger partial charge in [-0.05, 0) is 36.0 Å². The molecule has 116 valence electrons. The van der Waals surface area contributed by atoms with Crippen LogP contribution in [0.25, 0.3) is 0 Å². The summed E-state index contributed by atoms with van der Waals surface area (Å²) >= 11 is 0. The molecule has 1 aromatic heterocycles. The highest BCUT2D eigenvalue weighted by Gasteiger charge is 2.59. The van der Waals surface area contributed by atoms with Crippen LogP contribution in [0.2, 0.25) is 0 Å². The van der Waals surface area contributed by atoms with Gasteiger partial charge in [0.25, 0.3) is 0 Å². The molecule has 0 saturated heterocycles. The Hall–Kier alpha value is -1.36. The largest absolute Gasteiger partial charge is 0.366 e. The molecular formula is C16H27N5. The van der Waals surface area contributed by atoms with Gasteiger partial charge in [-0.1, -0.05) is 27.7 Å². The molecule has 21 heavy (non-hydrogen) atoms. The van der Waals surface area contributed by atoms with Gasteiger partial charge in [0.05, 0.1) is 0 Å². The van der Waals surface area contributed by atoms with Crippen LogP contribution in [0, 0.1) is 16.7 Å². The van der Waals surface area contributed by atoms with Crippen LogP contribution >= 0.6 is 0 Å². The van der Waals surface area contributed by atoms with Crippen molar-refractivity contribution in [2.24, 2.45) is 22.6 Å². The van der Waals surface area contributed by atoms with Crippen molar-refractivity contribution in [3.8, 4) is 0 Å². The molecule has 2 bridgehead atoms. The smallest absolute Gasteiger partial charge is 0.145 e. The normalized spacial score (nSPS) is 33.2. The van der Waals surface area contributed by atoms with Crippen LogP contribution in [0.5, 0.6) is 0 Å². The highest BCUT2D eigenvalue weighted by atomic mass is 15.3.